The van der Waals surface area contributed by atoms with Crippen molar-refractivity contribution in [3.8, 4) is 5.75 Å². The molecule has 2 aromatic rings. The first-order chi connectivity index (χ1) is 12.1. The zero-order valence-corrected chi connectivity index (χ0v) is 13.7. The van der Waals surface area contributed by atoms with E-state index in [0.717, 1.165) is 30.5 Å². The molecule has 1 aliphatic rings. The fourth-order valence-corrected chi connectivity index (χ4v) is 2.93. The number of ether oxygens (including phenoxy) is 1. The summed E-state index contributed by atoms with van der Waals surface area (Å²) in [6.45, 7) is 2.18. The molecular formula is C16H19N5O4. The number of anilines is 1. The number of nitrogens with zero attached hydrogens (tertiary/aromatic N) is 2. The number of carbonyl (C=O) groups is 1. The highest BCUT2D eigenvalue weighted by molar-refractivity contribution is 5.91. The Bertz CT molecular complexity index is 789. The Morgan fingerprint density at radius 2 is 2.36 bits per heavy atom. The number of hydrogen-bond donors (Lipinski definition) is 3. The molecule has 3 N–H and O–H groups in total. The summed E-state index contributed by atoms with van der Waals surface area (Å²) in [5.74, 6) is 0.383. The van der Waals surface area contributed by atoms with E-state index in [1.807, 2.05) is 0 Å². The highest BCUT2D eigenvalue weighted by Gasteiger charge is 2.24. The molecule has 0 spiro atoms. The molecule has 3 rings (SSSR count). The number of aromatic amines is 1. The second-order valence-corrected chi connectivity index (χ2v) is 5.72. The van der Waals surface area contributed by atoms with Crippen molar-refractivity contribution in [1.82, 2.24) is 15.5 Å². The van der Waals surface area contributed by atoms with Crippen molar-refractivity contribution in [2.75, 3.05) is 11.9 Å². The highest BCUT2D eigenvalue weighted by atomic mass is 16.6. The van der Waals surface area contributed by atoms with E-state index in [1.54, 1.807) is 13.1 Å². The van der Waals surface area contributed by atoms with Crippen LogP contribution in [-0.2, 0) is 6.42 Å². The van der Waals surface area contributed by atoms with Crippen molar-refractivity contribution in [3.63, 3.8) is 0 Å². The molecule has 0 saturated carbocycles. The predicted octanol–water partition coefficient (Wildman–Crippen LogP) is 2.92. The van der Waals surface area contributed by atoms with Gasteiger partial charge in [0.2, 0.25) is 0 Å². The third-order valence-corrected chi connectivity index (χ3v) is 4.07. The zero-order chi connectivity index (χ0) is 17.8. The van der Waals surface area contributed by atoms with Gasteiger partial charge >= 0.3 is 6.03 Å². The number of rotatable bonds is 5. The fraction of sp³-hybridized carbons (Fsp3) is 0.375. The number of nitrogens with one attached hydrogen (secondary N) is 3. The maximum atomic E-state index is 12.4. The number of carbonyl (C=O) groups excluding carboxylic acids is 1. The molecule has 0 radical (unpaired) electrons. The Hall–Kier alpha value is -3.10. The summed E-state index contributed by atoms with van der Waals surface area (Å²) in [7, 11) is 0. The Kier molecular flexibility index (Phi) is 4.82. The van der Waals surface area contributed by atoms with Crippen molar-refractivity contribution >= 4 is 17.4 Å². The van der Waals surface area contributed by atoms with Crippen LogP contribution in [0.15, 0.2) is 24.4 Å². The predicted molar refractivity (Wildman–Crippen MR) is 90.7 cm³/mol. The number of nitro groups is 1. The van der Waals surface area contributed by atoms with Crippen LogP contribution in [0.2, 0.25) is 0 Å². The second-order valence-electron chi connectivity index (χ2n) is 5.72. The molecule has 1 unspecified atom stereocenters. The molecular weight excluding hydrogens is 326 g/mol. The van der Waals surface area contributed by atoms with Crippen molar-refractivity contribution in [2.24, 2.45) is 0 Å². The Balaban J connectivity index is 1.74. The number of aryl methyl sites for hydroxylation is 1. The van der Waals surface area contributed by atoms with E-state index < -0.39 is 11.0 Å². The van der Waals surface area contributed by atoms with E-state index in [2.05, 4.69) is 20.8 Å². The number of urea groups is 1. The van der Waals surface area contributed by atoms with Gasteiger partial charge in [-0.05, 0) is 37.8 Å². The number of non-ortho nitro benzene ring substituents is 1. The molecule has 2 amide bonds. The van der Waals surface area contributed by atoms with Gasteiger partial charge in [0, 0.05) is 12.1 Å². The molecule has 1 aromatic carbocycles. The standard InChI is InChI=1S/C16H19N5O4/c1-2-25-14-7-6-11(21(23)24)8-13(14)19-16(22)18-12-5-3-4-10-9-17-20-15(10)12/h6-9,12H,2-5H2,1H3,(H,17,20)(H2,18,19,22). The first kappa shape index (κ1) is 16.7. The van der Waals surface area contributed by atoms with E-state index in [-0.39, 0.29) is 17.4 Å². The molecule has 1 aromatic heterocycles. The largest absolute Gasteiger partial charge is 0.492 e. The van der Waals surface area contributed by atoms with Crippen molar-refractivity contribution in [1.29, 1.82) is 0 Å². The van der Waals surface area contributed by atoms with E-state index in [0.29, 0.717) is 12.4 Å². The molecule has 0 fully saturated rings. The van der Waals surface area contributed by atoms with Crippen molar-refractivity contribution < 1.29 is 14.5 Å². The van der Waals surface area contributed by atoms with Gasteiger partial charge in [-0.15, -0.1) is 0 Å². The summed E-state index contributed by atoms with van der Waals surface area (Å²) < 4.78 is 5.43. The first-order valence-corrected chi connectivity index (χ1v) is 8.09. The molecule has 0 bridgehead atoms. The lowest BCUT2D eigenvalue weighted by molar-refractivity contribution is -0.384. The van der Waals surface area contributed by atoms with E-state index in [4.69, 9.17) is 4.74 Å². The second kappa shape index (κ2) is 7.20. The Morgan fingerprint density at radius 3 is 3.12 bits per heavy atom. The molecule has 0 aliphatic heterocycles. The topological polar surface area (TPSA) is 122 Å². The molecule has 0 saturated heterocycles. The van der Waals surface area contributed by atoms with Crippen LogP contribution in [0.5, 0.6) is 5.75 Å². The highest BCUT2D eigenvalue weighted by Crippen LogP contribution is 2.30. The van der Waals surface area contributed by atoms with Crippen LogP contribution < -0.4 is 15.4 Å². The molecule has 25 heavy (non-hydrogen) atoms. The van der Waals surface area contributed by atoms with Crippen LogP contribution in [0.4, 0.5) is 16.2 Å². The monoisotopic (exact) mass is 345 g/mol. The van der Waals surface area contributed by atoms with Gasteiger partial charge in [0.05, 0.1) is 35.2 Å². The lowest BCUT2D eigenvalue weighted by Crippen LogP contribution is -2.34. The lowest BCUT2D eigenvalue weighted by Gasteiger charge is -2.23. The van der Waals surface area contributed by atoms with Gasteiger partial charge in [-0.1, -0.05) is 0 Å². The SMILES string of the molecule is CCOc1ccc([N+](=O)[O-])cc1NC(=O)NC1CCCc2cn[nH]c21. The molecule has 9 nitrogen and oxygen atoms in total. The number of aromatic nitrogens is 2. The molecule has 1 atom stereocenters. The summed E-state index contributed by atoms with van der Waals surface area (Å²) in [5, 5.41) is 23.4. The van der Waals surface area contributed by atoms with Gasteiger partial charge < -0.3 is 15.4 Å². The normalized spacial score (nSPS) is 16.0. The number of nitro benzene ring substituents is 1. The van der Waals surface area contributed by atoms with Crippen LogP contribution in [0.25, 0.3) is 0 Å². The minimum atomic E-state index is -0.517. The lowest BCUT2D eigenvalue weighted by atomic mass is 9.94. The fourth-order valence-electron chi connectivity index (χ4n) is 2.93. The van der Waals surface area contributed by atoms with Gasteiger partial charge in [-0.2, -0.15) is 5.10 Å². The van der Waals surface area contributed by atoms with E-state index >= 15 is 0 Å². The summed E-state index contributed by atoms with van der Waals surface area (Å²) in [5.41, 5.74) is 2.15. The zero-order valence-electron chi connectivity index (χ0n) is 13.7. The van der Waals surface area contributed by atoms with Gasteiger partial charge in [0.25, 0.3) is 5.69 Å². The van der Waals surface area contributed by atoms with Crippen LogP contribution in [0.1, 0.15) is 37.1 Å². The maximum absolute atomic E-state index is 12.4. The average Bonchev–Trinajstić information content (AvgIpc) is 3.06. The van der Waals surface area contributed by atoms with Crippen LogP contribution in [0.3, 0.4) is 0 Å². The molecule has 1 aliphatic carbocycles. The Morgan fingerprint density at radius 1 is 1.52 bits per heavy atom. The minimum Gasteiger partial charge on any atom is -0.492 e. The average molecular weight is 345 g/mol. The van der Waals surface area contributed by atoms with Gasteiger partial charge in [-0.25, -0.2) is 4.79 Å². The summed E-state index contributed by atoms with van der Waals surface area (Å²) in [4.78, 5) is 22.8. The smallest absolute Gasteiger partial charge is 0.319 e. The Labute approximate surface area is 143 Å². The van der Waals surface area contributed by atoms with Crippen molar-refractivity contribution in [2.45, 2.75) is 32.2 Å². The molecule has 132 valence electrons. The number of fused-ring (bicyclic) bond motifs is 1. The van der Waals surface area contributed by atoms with Gasteiger partial charge in [0.15, 0.2) is 0 Å². The van der Waals surface area contributed by atoms with Crippen LogP contribution in [0, 0.1) is 10.1 Å². The summed E-state index contributed by atoms with van der Waals surface area (Å²) in [6.07, 6.45) is 4.47. The van der Waals surface area contributed by atoms with E-state index in [1.165, 1.54) is 18.2 Å². The number of amides is 2. The van der Waals surface area contributed by atoms with Gasteiger partial charge in [-0.3, -0.25) is 15.2 Å². The van der Waals surface area contributed by atoms with E-state index in [9.17, 15) is 14.9 Å². The van der Waals surface area contributed by atoms with Gasteiger partial charge in [0.1, 0.15) is 5.75 Å². The van der Waals surface area contributed by atoms with Crippen LogP contribution in [-0.4, -0.2) is 27.8 Å². The quantitative estimate of drug-likeness (QED) is 0.568. The minimum absolute atomic E-state index is 0.118. The first-order valence-electron chi connectivity index (χ1n) is 8.09. The number of hydrogen-bond acceptors (Lipinski definition) is 5. The molecule has 1 heterocycles. The third-order valence-electron chi connectivity index (χ3n) is 4.07. The maximum Gasteiger partial charge on any atom is 0.319 e. The van der Waals surface area contributed by atoms with Crippen molar-refractivity contribution in [3.05, 3.63) is 45.8 Å². The van der Waals surface area contributed by atoms with Crippen LogP contribution >= 0.6 is 0 Å². The summed E-state index contributed by atoms with van der Waals surface area (Å²) in [6, 6.07) is 3.48. The number of H-pyrrole nitrogens is 1. The summed E-state index contributed by atoms with van der Waals surface area (Å²) >= 11 is 0. The third kappa shape index (κ3) is 3.70. The molecule has 9 heteroatoms. The number of benzene rings is 1.